The van der Waals surface area contributed by atoms with Crippen LogP contribution in [0.3, 0.4) is 0 Å². The van der Waals surface area contributed by atoms with Crippen molar-refractivity contribution < 1.29 is 0 Å². The standard InChI is InChI=1S/C12H17N/c1-3-10-4-5-12-9(2)13-7-6-11(12)8-10/h4-5,8-9,13H,3,6-7H2,1-2H3. The third-order valence-electron chi connectivity index (χ3n) is 2.93. The van der Waals surface area contributed by atoms with Gasteiger partial charge in [0, 0.05) is 6.04 Å². The van der Waals surface area contributed by atoms with E-state index in [2.05, 4.69) is 37.4 Å². The van der Waals surface area contributed by atoms with Gasteiger partial charge in [0.05, 0.1) is 0 Å². The molecule has 0 bridgehead atoms. The van der Waals surface area contributed by atoms with Gasteiger partial charge in [-0.25, -0.2) is 0 Å². The van der Waals surface area contributed by atoms with Gasteiger partial charge in [-0.2, -0.15) is 0 Å². The Bertz CT molecular complexity index is 304. The van der Waals surface area contributed by atoms with Crippen LogP contribution in [0.15, 0.2) is 18.2 Å². The summed E-state index contributed by atoms with van der Waals surface area (Å²) in [6.45, 7) is 5.58. The van der Waals surface area contributed by atoms with E-state index >= 15 is 0 Å². The summed E-state index contributed by atoms with van der Waals surface area (Å²) in [5, 5.41) is 3.48. The summed E-state index contributed by atoms with van der Waals surface area (Å²) in [5.41, 5.74) is 4.50. The lowest BCUT2D eigenvalue weighted by atomic mass is 9.93. The second-order valence-electron chi connectivity index (χ2n) is 3.81. The zero-order chi connectivity index (χ0) is 9.26. The van der Waals surface area contributed by atoms with Crippen molar-refractivity contribution in [1.82, 2.24) is 5.32 Å². The first-order valence-corrected chi connectivity index (χ1v) is 5.16. The molecule has 70 valence electrons. The van der Waals surface area contributed by atoms with Crippen molar-refractivity contribution in [2.45, 2.75) is 32.7 Å². The number of hydrogen-bond donors (Lipinski definition) is 1. The highest BCUT2D eigenvalue weighted by Crippen LogP contribution is 2.23. The molecule has 1 unspecified atom stereocenters. The van der Waals surface area contributed by atoms with Crippen molar-refractivity contribution in [3.8, 4) is 0 Å². The van der Waals surface area contributed by atoms with Crippen LogP contribution in [0.1, 0.15) is 36.6 Å². The molecule has 0 amide bonds. The maximum absolute atomic E-state index is 3.48. The lowest BCUT2D eigenvalue weighted by Gasteiger charge is -2.24. The molecule has 1 nitrogen and oxygen atoms in total. The first-order chi connectivity index (χ1) is 6.31. The average molecular weight is 175 g/mol. The van der Waals surface area contributed by atoms with Crippen molar-refractivity contribution >= 4 is 0 Å². The number of nitrogens with one attached hydrogen (secondary N) is 1. The van der Waals surface area contributed by atoms with Gasteiger partial charge in [-0.05, 0) is 43.0 Å². The number of aryl methyl sites for hydroxylation is 1. The van der Waals surface area contributed by atoms with Gasteiger partial charge in [0.2, 0.25) is 0 Å². The lowest BCUT2D eigenvalue weighted by molar-refractivity contribution is 0.540. The number of fused-ring (bicyclic) bond motifs is 1. The van der Waals surface area contributed by atoms with Crippen LogP contribution in [-0.2, 0) is 12.8 Å². The van der Waals surface area contributed by atoms with Crippen LogP contribution in [0.4, 0.5) is 0 Å². The van der Waals surface area contributed by atoms with E-state index in [1.54, 1.807) is 5.56 Å². The highest BCUT2D eigenvalue weighted by Gasteiger charge is 2.14. The summed E-state index contributed by atoms with van der Waals surface area (Å²) in [7, 11) is 0. The Morgan fingerprint density at radius 1 is 1.46 bits per heavy atom. The zero-order valence-electron chi connectivity index (χ0n) is 8.43. The summed E-state index contributed by atoms with van der Waals surface area (Å²) in [6, 6.07) is 7.44. The fraction of sp³-hybridized carbons (Fsp3) is 0.500. The summed E-state index contributed by atoms with van der Waals surface area (Å²) < 4.78 is 0. The smallest absolute Gasteiger partial charge is 0.0294 e. The molecule has 1 aromatic carbocycles. The molecule has 1 heteroatoms. The van der Waals surface area contributed by atoms with Gasteiger partial charge < -0.3 is 5.32 Å². The average Bonchev–Trinajstić information content (AvgIpc) is 2.18. The van der Waals surface area contributed by atoms with E-state index in [9.17, 15) is 0 Å². The van der Waals surface area contributed by atoms with Crippen molar-refractivity contribution in [1.29, 1.82) is 0 Å². The van der Waals surface area contributed by atoms with Crippen LogP contribution < -0.4 is 5.32 Å². The molecule has 2 rings (SSSR count). The second-order valence-corrected chi connectivity index (χ2v) is 3.81. The molecule has 0 aromatic heterocycles. The van der Waals surface area contributed by atoms with Gasteiger partial charge in [0.25, 0.3) is 0 Å². The summed E-state index contributed by atoms with van der Waals surface area (Å²) >= 11 is 0. The SMILES string of the molecule is CCc1ccc2c(c1)CCNC2C. The Morgan fingerprint density at radius 2 is 2.31 bits per heavy atom. The summed E-state index contributed by atoms with van der Waals surface area (Å²) in [5.74, 6) is 0. The molecule has 0 aliphatic carbocycles. The molecule has 0 radical (unpaired) electrons. The van der Waals surface area contributed by atoms with E-state index < -0.39 is 0 Å². The highest BCUT2D eigenvalue weighted by atomic mass is 14.9. The van der Waals surface area contributed by atoms with Crippen LogP contribution in [0.2, 0.25) is 0 Å². The van der Waals surface area contributed by atoms with E-state index in [4.69, 9.17) is 0 Å². The molecule has 0 spiro atoms. The molecule has 1 aliphatic heterocycles. The summed E-state index contributed by atoms with van der Waals surface area (Å²) in [6.07, 6.45) is 2.34. The normalized spacial score (nSPS) is 21.2. The van der Waals surface area contributed by atoms with Crippen molar-refractivity contribution in [2.75, 3.05) is 6.54 Å². The molecule has 1 atom stereocenters. The number of benzene rings is 1. The topological polar surface area (TPSA) is 12.0 Å². The van der Waals surface area contributed by atoms with Crippen molar-refractivity contribution in [3.05, 3.63) is 34.9 Å². The number of hydrogen-bond acceptors (Lipinski definition) is 1. The Kier molecular flexibility index (Phi) is 2.36. The molecule has 0 saturated carbocycles. The Morgan fingerprint density at radius 3 is 3.08 bits per heavy atom. The van der Waals surface area contributed by atoms with Gasteiger partial charge in [0.15, 0.2) is 0 Å². The lowest BCUT2D eigenvalue weighted by Crippen LogP contribution is -2.27. The predicted octanol–water partition coefficient (Wildman–Crippen LogP) is 2.46. The first-order valence-electron chi connectivity index (χ1n) is 5.16. The van der Waals surface area contributed by atoms with Gasteiger partial charge in [0.1, 0.15) is 0 Å². The van der Waals surface area contributed by atoms with Crippen LogP contribution in [0.25, 0.3) is 0 Å². The van der Waals surface area contributed by atoms with E-state index in [1.165, 1.54) is 17.5 Å². The van der Waals surface area contributed by atoms with Gasteiger partial charge in [-0.15, -0.1) is 0 Å². The van der Waals surface area contributed by atoms with Gasteiger partial charge in [-0.1, -0.05) is 25.1 Å². The summed E-state index contributed by atoms with van der Waals surface area (Å²) in [4.78, 5) is 0. The van der Waals surface area contributed by atoms with Crippen LogP contribution in [0, 0.1) is 0 Å². The molecule has 1 N–H and O–H groups in total. The largest absolute Gasteiger partial charge is 0.310 e. The minimum Gasteiger partial charge on any atom is -0.310 e. The fourth-order valence-corrected chi connectivity index (χ4v) is 2.05. The van der Waals surface area contributed by atoms with Crippen molar-refractivity contribution in [3.63, 3.8) is 0 Å². The Labute approximate surface area is 80.2 Å². The minimum absolute atomic E-state index is 0.537. The Balaban J connectivity index is 2.39. The molecular weight excluding hydrogens is 158 g/mol. The van der Waals surface area contributed by atoms with Gasteiger partial charge >= 0.3 is 0 Å². The maximum atomic E-state index is 3.48. The fourth-order valence-electron chi connectivity index (χ4n) is 2.05. The zero-order valence-corrected chi connectivity index (χ0v) is 8.43. The molecule has 0 saturated heterocycles. The minimum atomic E-state index is 0.537. The Hall–Kier alpha value is -0.820. The molecule has 1 heterocycles. The van der Waals surface area contributed by atoms with Crippen LogP contribution >= 0.6 is 0 Å². The van der Waals surface area contributed by atoms with E-state index in [1.807, 2.05) is 0 Å². The highest BCUT2D eigenvalue weighted by molar-refractivity contribution is 5.35. The quantitative estimate of drug-likeness (QED) is 0.691. The van der Waals surface area contributed by atoms with Crippen molar-refractivity contribution in [2.24, 2.45) is 0 Å². The third-order valence-corrected chi connectivity index (χ3v) is 2.93. The monoisotopic (exact) mass is 175 g/mol. The number of rotatable bonds is 1. The molecule has 13 heavy (non-hydrogen) atoms. The van der Waals surface area contributed by atoms with Crippen LogP contribution in [0.5, 0.6) is 0 Å². The molecule has 1 aliphatic rings. The first kappa shape index (κ1) is 8.76. The van der Waals surface area contributed by atoms with Gasteiger partial charge in [-0.3, -0.25) is 0 Å². The third kappa shape index (κ3) is 1.61. The molecule has 0 fully saturated rings. The second kappa shape index (κ2) is 3.51. The van der Waals surface area contributed by atoms with E-state index in [-0.39, 0.29) is 0 Å². The predicted molar refractivity (Wildman–Crippen MR) is 55.9 cm³/mol. The van der Waals surface area contributed by atoms with Crippen LogP contribution in [-0.4, -0.2) is 6.54 Å². The molecular formula is C12H17N. The maximum Gasteiger partial charge on any atom is 0.0294 e. The van der Waals surface area contributed by atoms with E-state index in [0.29, 0.717) is 6.04 Å². The molecule has 1 aromatic rings. The van der Waals surface area contributed by atoms with E-state index in [0.717, 1.165) is 13.0 Å².